The van der Waals surface area contributed by atoms with Crippen molar-refractivity contribution in [3.8, 4) is 34.5 Å². The summed E-state index contributed by atoms with van der Waals surface area (Å²) in [7, 11) is 4.39. The number of hydrogen-bond acceptors (Lipinski definition) is 9. The Kier molecular flexibility index (Phi) is 7.25. The Labute approximate surface area is 248 Å². The van der Waals surface area contributed by atoms with Crippen molar-refractivity contribution < 1.29 is 43.9 Å². The third kappa shape index (κ3) is 4.94. The Bertz CT molecular complexity index is 1600. The van der Waals surface area contributed by atoms with Gasteiger partial charge in [-0.25, -0.2) is 0 Å². The normalized spacial score (nSPS) is 21.6. The molecule has 43 heavy (non-hydrogen) atoms. The number of phenols is 3. The summed E-state index contributed by atoms with van der Waals surface area (Å²) in [5, 5.41) is 30.5. The molecule has 0 spiro atoms. The molecule has 3 aromatic rings. The summed E-state index contributed by atoms with van der Waals surface area (Å²) >= 11 is 0. The molecule has 3 aromatic carbocycles. The van der Waals surface area contributed by atoms with E-state index in [2.05, 4.69) is 0 Å². The number of hydrogen-bond donors (Lipinski definition) is 3. The summed E-state index contributed by atoms with van der Waals surface area (Å²) in [5.41, 5.74) is 3.18. The van der Waals surface area contributed by atoms with Crippen molar-refractivity contribution >= 4 is 11.6 Å². The smallest absolute Gasteiger partial charge is 0.163 e. The van der Waals surface area contributed by atoms with Crippen molar-refractivity contribution in [2.24, 2.45) is 0 Å². The molecule has 222 valence electrons. The first-order valence-corrected chi connectivity index (χ1v) is 14.0. The van der Waals surface area contributed by atoms with Crippen molar-refractivity contribution in [3.63, 3.8) is 0 Å². The fraction of sp³-hybridized carbons (Fsp3) is 0.294. The van der Waals surface area contributed by atoms with E-state index in [0.29, 0.717) is 52.6 Å². The summed E-state index contributed by atoms with van der Waals surface area (Å²) in [6.07, 6.45) is 1.19. The zero-order valence-corrected chi connectivity index (χ0v) is 24.0. The van der Waals surface area contributed by atoms with Crippen molar-refractivity contribution in [2.45, 2.75) is 43.4 Å². The number of aromatic hydroxyl groups is 3. The number of Topliss-reactive ketones (excluding diaryl/α,β-unsaturated/α-hetero) is 2. The average Bonchev–Trinajstić information content (AvgIpc) is 3.00. The molecule has 0 amide bonds. The molecular formula is C34H32O9. The summed E-state index contributed by atoms with van der Waals surface area (Å²) in [5.74, 6) is 0.436. The van der Waals surface area contributed by atoms with Gasteiger partial charge in [0.25, 0.3) is 0 Å². The number of carbonyl (C=O) groups excluding carboxylic acids is 2. The number of carbonyl (C=O) groups is 2. The highest BCUT2D eigenvalue weighted by Gasteiger charge is 2.45. The van der Waals surface area contributed by atoms with Gasteiger partial charge in [0.15, 0.2) is 46.1 Å². The first-order valence-electron chi connectivity index (χ1n) is 14.0. The molecule has 3 N–H and O–H groups in total. The van der Waals surface area contributed by atoms with Crippen LogP contribution in [0.1, 0.15) is 60.1 Å². The van der Waals surface area contributed by atoms with Crippen molar-refractivity contribution in [3.05, 3.63) is 94.0 Å². The van der Waals surface area contributed by atoms with Crippen LogP contribution < -0.4 is 14.2 Å². The number of allylic oxidation sites excluding steroid dienone is 4. The summed E-state index contributed by atoms with van der Waals surface area (Å²) in [6, 6.07) is 15.0. The standard InChI is InChI=1S/C34H32O9/c1-40-27-12-17(4-7-22(27)35)20-10-25(38)33-30(15-20)43-31-16-21(18-5-8-23(36)28(13-18)41-2)11-26(39)34(31)32(33)19-6-9-24(37)29(14-19)42-3/h4-9,12-14,20-21,32,35-37H,10-11,15-16H2,1-3H3. The maximum Gasteiger partial charge on any atom is 0.163 e. The van der Waals surface area contributed by atoms with E-state index < -0.39 is 5.92 Å². The van der Waals surface area contributed by atoms with Gasteiger partial charge in [-0.2, -0.15) is 0 Å². The van der Waals surface area contributed by atoms with Crippen LogP contribution in [0.2, 0.25) is 0 Å². The fourth-order valence-electron chi connectivity index (χ4n) is 6.50. The lowest BCUT2D eigenvalue weighted by Gasteiger charge is -2.39. The first kappa shape index (κ1) is 28.2. The van der Waals surface area contributed by atoms with Gasteiger partial charge >= 0.3 is 0 Å². The molecule has 0 aromatic heterocycles. The third-order valence-electron chi connectivity index (χ3n) is 8.64. The molecule has 9 heteroatoms. The van der Waals surface area contributed by atoms with Crippen LogP contribution in [0.4, 0.5) is 0 Å². The predicted molar refractivity (Wildman–Crippen MR) is 156 cm³/mol. The summed E-state index contributed by atoms with van der Waals surface area (Å²) < 4.78 is 22.5. The SMILES string of the molecule is COc1cc(C2CC(=O)C3=C(C2)OC2=C(C(=O)CC(c4ccc(O)c(OC)c4)C2)C3c2ccc(O)c(OC)c2)ccc1O. The van der Waals surface area contributed by atoms with Gasteiger partial charge in [-0.05, 0) is 64.9 Å². The van der Waals surface area contributed by atoms with Crippen LogP contribution in [-0.2, 0) is 14.3 Å². The van der Waals surface area contributed by atoms with Crippen LogP contribution in [0.15, 0.2) is 77.3 Å². The Balaban J connectivity index is 1.44. The topological polar surface area (TPSA) is 132 Å². The van der Waals surface area contributed by atoms with Crippen LogP contribution in [0.3, 0.4) is 0 Å². The van der Waals surface area contributed by atoms with Gasteiger partial charge < -0.3 is 34.3 Å². The highest BCUT2D eigenvalue weighted by atomic mass is 16.5. The molecule has 2 atom stereocenters. The predicted octanol–water partition coefficient (Wildman–Crippen LogP) is 5.74. The minimum absolute atomic E-state index is 0.0102. The lowest BCUT2D eigenvalue weighted by atomic mass is 9.69. The molecule has 3 aliphatic rings. The van der Waals surface area contributed by atoms with E-state index in [1.165, 1.54) is 27.4 Å². The van der Waals surface area contributed by atoms with Crippen LogP contribution >= 0.6 is 0 Å². The van der Waals surface area contributed by atoms with Gasteiger partial charge in [0.1, 0.15) is 11.5 Å². The molecule has 0 bridgehead atoms. The molecular weight excluding hydrogens is 552 g/mol. The minimum Gasteiger partial charge on any atom is -0.504 e. The maximum absolute atomic E-state index is 13.9. The lowest BCUT2D eigenvalue weighted by molar-refractivity contribution is -0.118. The van der Waals surface area contributed by atoms with E-state index in [-0.39, 0.29) is 59.2 Å². The van der Waals surface area contributed by atoms with Crippen molar-refractivity contribution in [1.82, 2.24) is 0 Å². The highest BCUT2D eigenvalue weighted by Crippen LogP contribution is 2.53. The third-order valence-corrected chi connectivity index (χ3v) is 8.64. The van der Waals surface area contributed by atoms with Crippen molar-refractivity contribution in [2.75, 3.05) is 21.3 Å². The van der Waals surface area contributed by atoms with Gasteiger partial charge in [0.05, 0.1) is 21.3 Å². The molecule has 0 saturated carbocycles. The molecule has 1 aliphatic heterocycles. The Morgan fingerprint density at radius 3 is 1.35 bits per heavy atom. The van der Waals surface area contributed by atoms with E-state index in [4.69, 9.17) is 18.9 Å². The van der Waals surface area contributed by atoms with E-state index >= 15 is 0 Å². The second kappa shape index (κ2) is 11.1. The Morgan fingerprint density at radius 1 is 0.581 bits per heavy atom. The second-order valence-corrected chi connectivity index (χ2v) is 11.1. The number of ketones is 2. The largest absolute Gasteiger partial charge is 0.504 e. The quantitative estimate of drug-likeness (QED) is 0.332. The van der Waals surface area contributed by atoms with Crippen LogP contribution in [0.25, 0.3) is 0 Å². The van der Waals surface area contributed by atoms with E-state index in [1.54, 1.807) is 48.5 Å². The second-order valence-electron chi connectivity index (χ2n) is 11.1. The average molecular weight is 585 g/mol. The molecule has 0 saturated heterocycles. The minimum atomic E-state index is -0.682. The molecule has 6 rings (SSSR count). The number of phenolic OH excluding ortho intramolecular Hbond substituents is 3. The zero-order valence-electron chi connectivity index (χ0n) is 24.0. The molecule has 9 nitrogen and oxygen atoms in total. The lowest BCUT2D eigenvalue weighted by Crippen LogP contribution is -2.33. The molecule has 2 unspecified atom stereocenters. The number of benzene rings is 3. The fourth-order valence-corrected chi connectivity index (χ4v) is 6.50. The molecule has 2 aliphatic carbocycles. The number of methoxy groups -OCH3 is 3. The first-order chi connectivity index (χ1) is 20.7. The molecule has 0 fully saturated rings. The Hall–Kier alpha value is -4.92. The number of ether oxygens (including phenoxy) is 4. The maximum atomic E-state index is 13.9. The van der Waals surface area contributed by atoms with Crippen LogP contribution in [-0.4, -0.2) is 48.2 Å². The monoisotopic (exact) mass is 584 g/mol. The van der Waals surface area contributed by atoms with Gasteiger partial charge in [-0.1, -0.05) is 18.2 Å². The van der Waals surface area contributed by atoms with Crippen LogP contribution in [0, 0.1) is 0 Å². The van der Waals surface area contributed by atoms with Crippen molar-refractivity contribution in [1.29, 1.82) is 0 Å². The van der Waals surface area contributed by atoms with E-state index in [1.807, 2.05) is 0 Å². The van der Waals surface area contributed by atoms with E-state index in [0.717, 1.165) is 11.1 Å². The Morgan fingerprint density at radius 2 is 0.953 bits per heavy atom. The molecule has 1 heterocycles. The van der Waals surface area contributed by atoms with E-state index in [9.17, 15) is 24.9 Å². The summed E-state index contributed by atoms with van der Waals surface area (Å²) in [4.78, 5) is 27.9. The van der Waals surface area contributed by atoms with Crippen LogP contribution in [0.5, 0.6) is 34.5 Å². The summed E-state index contributed by atoms with van der Waals surface area (Å²) in [6.45, 7) is 0. The van der Waals surface area contributed by atoms with Gasteiger partial charge in [0, 0.05) is 42.7 Å². The number of rotatable bonds is 6. The van der Waals surface area contributed by atoms with Gasteiger partial charge in [-0.3, -0.25) is 9.59 Å². The highest BCUT2D eigenvalue weighted by molar-refractivity contribution is 6.06. The molecule has 0 radical (unpaired) electrons. The van der Waals surface area contributed by atoms with Gasteiger partial charge in [-0.15, -0.1) is 0 Å². The zero-order chi connectivity index (χ0) is 30.4. The van der Waals surface area contributed by atoms with Gasteiger partial charge in [0.2, 0.25) is 0 Å².